The van der Waals surface area contributed by atoms with E-state index in [0.717, 1.165) is 18.8 Å². The van der Waals surface area contributed by atoms with Crippen LogP contribution in [0.25, 0.3) is 0 Å². The van der Waals surface area contributed by atoms with Crippen molar-refractivity contribution in [2.75, 3.05) is 65.0 Å². The summed E-state index contributed by atoms with van der Waals surface area (Å²) in [7, 11) is 6.13. The first-order valence-corrected chi connectivity index (χ1v) is 9.23. The van der Waals surface area contributed by atoms with E-state index in [1.54, 1.807) is 25.3 Å². The molecule has 8 heteroatoms. The zero-order valence-electron chi connectivity index (χ0n) is 17.1. The molecule has 0 aliphatic carbocycles. The van der Waals surface area contributed by atoms with E-state index in [1.807, 2.05) is 12.1 Å². The van der Waals surface area contributed by atoms with Crippen molar-refractivity contribution in [1.82, 2.24) is 0 Å². The Morgan fingerprint density at radius 3 is 2.14 bits per heavy atom. The van der Waals surface area contributed by atoms with Crippen molar-refractivity contribution in [2.45, 2.75) is 0 Å². The fraction of sp³-hybridized carbons (Fsp3) is 0.381. The maximum Gasteiger partial charge on any atom is 0.256 e. The average molecular weight is 402 g/mol. The summed E-state index contributed by atoms with van der Waals surface area (Å²) < 4.78 is 26.8. The number of ether oxygens (including phenoxy) is 5. The van der Waals surface area contributed by atoms with E-state index < -0.39 is 0 Å². The minimum atomic E-state index is -0.299. The highest BCUT2D eigenvalue weighted by molar-refractivity contribution is 6.06. The molecule has 1 amide bonds. The van der Waals surface area contributed by atoms with E-state index in [4.69, 9.17) is 23.7 Å². The third-order valence-electron chi connectivity index (χ3n) is 4.73. The standard InChI is InChI=1S/C21H26N2O6/c1-25-15-5-6-17(23-7-9-29-10-8-23)16(13-15)22-21(24)14-11-18(26-2)20(28-4)19(12-14)27-3/h5-6,11-13H,7-10H2,1-4H3,(H,22,24). The number of rotatable bonds is 7. The average Bonchev–Trinajstić information content (AvgIpc) is 2.78. The predicted molar refractivity (Wildman–Crippen MR) is 110 cm³/mol. The smallest absolute Gasteiger partial charge is 0.256 e. The lowest BCUT2D eigenvalue weighted by Crippen LogP contribution is -2.36. The number of carbonyl (C=O) groups is 1. The molecule has 1 N–H and O–H groups in total. The number of morpholine rings is 1. The molecule has 1 heterocycles. The van der Waals surface area contributed by atoms with Gasteiger partial charge >= 0.3 is 0 Å². The number of nitrogens with one attached hydrogen (secondary N) is 1. The van der Waals surface area contributed by atoms with Gasteiger partial charge in [-0.1, -0.05) is 0 Å². The maximum atomic E-state index is 13.0. The minimum absolute atomic E-state index is 0.299. The van der Waals surface area contributed by atoms with Gasteiger partial charge in [0.2, 0.25) is 5.75 Å². The number of hydrogen-bond acceptors (Lipinski definition) is 7. The number of benzene rings is 2. The van der Waals surface area contributed by atoms with Crippen LogP contribution in [0.15, 0.2) is 30.3 Å². The molecule has 0 unspecified atom stereocenters. The Hall–Kier alpha value is -3.13. The van der Waals surface area contributed by atoms with Crippen LogP contribution in [0.3, 0.4) is 0 Å². The Labute approximate surface area is 170 Å². The van der Waals surface area contributed by atoms with E-state index in [1.165, 1.54) is 21.3 Å². The number of amides is 1. The molecule has 29 heavy (non-hydrogen) atoms. The molecule has 0 bridgehead atoms. The summed E-state index contributed by atoms with van der Waals surface area (Å²) in [6.07, 6.45) is 0. The first kappa shape index (κ1) is 20.6. The molecule has 0 saturated carbocycles. The van der Waals surface area contributed by atoms with Gasteiger partial charge in [0.25, 0.3) is 5.91 Å². The molecule has 1 aliphatic rings. The van der Waals surface area contributed by atoms with Crippen molar-refractivity contribution >= 4 is 17.3 Å². The topological polar surface area (TPSA) is 78.5 Å². The summed E-state index contributed by atoms with van der Waals surface area (Å²) in [5, 5.41) is 2.99. The van der Waals surface area contributed by atoms with Crippen LogP contribution in [0, 0.1) is 0 Å². The fourth-order valence-electron chi connectivity index (χ4n) is 3.23. The lowest BCUT2D eigenvalue weighted by Gasteiger charge is -2.30. The van der Waals surface area contributed by atoms with E-state index >= 15 is 0 Å². The Bertz CT molecular complexity index is 839. The molecule has 1 fully saturated rings. The summed E-state index contributed by atoms with van der Waals surface area (Å²) in [5.74, 6) is 1.61. The number of carbonyl (C=O) groups excluding carboxylic acids is 1. The van der Waals surface area contributed by atoms with Crippen LogP contribution in [-0.2, 0) is 4.74 Å². The highest BCUT2D eigenvalue weighted by atomic mass is 16.5. The van der Waals surface area contributed by atoms with Gasteiger partial charge in [-0.2, -0.15) is 0 Å². The fourth-order valence-corrected chi connectivity index (χ4v) is 3.23. The summed E-state index contributed by atoms with van der Waals surface area (Å²) >= 11 is 0. The summed E-state index contributed by atoms with van der Waals surface area (Å²) in [6.45, 7) is 2.79. The highest BCUT2D eigenvalue weighted by Crippen LogP contribution is 2.39. The quantitative estimate of drug-likeness (QED) is 0.763. The van der Waals surface area contributed by atoms with Crippen molar-refractivity contribution in [3.8, 4) is 23.0 Å². The predicted octanol–water partition coefficient (Wildman–Crippen LogP) is 2.81. The van der Waals surface area contributed by atoms with E-state index in [9.17, 15) is 4.79 Å². The van der Waals surface area contributed by atoms with Crippen molar-refractivity contribution in [2.24, 2.45) is 0 Å². The third kappa shape index (κ3) is 4.48. The maximum absolute atomic E-state index is 13.0. The van der Waals surface area contributed by atoms with Crippen LogP contribution in [0.5, 0.6) is 23.0 Å². The minimum Gasteiger partial charge on any atom is -0.497 e. The number of anilines is 2. The molecule has 3 rings (SSSR count). The molecule has 156 valence electrons. The zero-order chi connectivity index (χ0) is 20.8. The van der Waals surface area contributed by atoms with Crippen molar-refractivity contribution in [3.05, 3.63) is 35.9 Å². The van der Waals surface area contributed by atoms with Crippen molar-refractivity contribution < 1.29 is 28.5 Å². The van der Waals surface area contributed by atoms with Gasteiger partial charge in [0.15, 0.2) is 11.5 Å². The Morgan fingerprint density at radius 1 is 0.931 bits per heavy atom. The summed E-state index contributed by atoms with van der Waals surface area (Å²) in [4.78, 5) is 15.2. The van der Waals surface area contributed by atoms with Crippen LogP contribution >= 0.6 is 0 Å². The molecular formula is C21H26N2O6. The Balaban J connectivity index is 1.94. The molecule has 0 aromatic heterocycles. The van der Waals surface area contributed by atoms with Crippen molar-refractivity contribution in [1.29, 1.82) is 0 Å². The van der Waals surface area contributed by atoms with Crippen LogP contribution in [0.4, 0.5) is 11.4 Å². The van der Waals surface area contributed by atoms with Gasteiger partial charge in [-0.05, 0) is 24.3 Å². The molecule has 0 radical (unpaired) electrons. The molecular weight excluding hydrogens is 376 g/mol. The van der Waals surface area contributed by atoms with E-state index in [0.29, 0.717) is 47.5 Å². The largest absolute Gasteiger partial charge is 0.497 e. The van der Waals surface area contributed by atoms with Crippen LogP contribution in [0.1, 0.15) is 10.4 Å². The number of methoxy groups -OCH3 is 4. The summed E-state index contributed by atoms with van der Waals surface area (Å²) in [5.41, 5.74) is 1.95. The SMILES string of the molecule is COc1ccc(N2CCOCC2)c(NC(=O)c2cc(OC)c(OC)c(OC)c2)c1. The second-order valence-electron chi connectivity index (χ2n) is 6.35. The molecule has 2 aromatic carbocycles. The van der Waals surface area contributed by atoms with Gasteiger partial charge in [0, 0.05) is 24.7 Å². The number of nitrogens with zero attached hydrogens (tertiary/aromatic N) is 1. The lowest BCUT2D eigenvalue weighted by atomic mass is 10.1. The normalized spacial score (nSPS) is 13.6. The van der Waals surface area contributed by atoms with Crippen LogP contribution in [0.2, 0.25) is 0 Å². The molecule has 1 aliphatic heterocycles. The van der Waals surface area contributed by atoms with E-state index in [-0.39, 0.29) is 5.91 Å². The molecule has 2 aromatic rings. The zero-order valence-corrected chi connectivity index (χ0v) is 17.1. The first-order valence-electron chi connectivity index (χ1n) is 9.23. The van der Waals surface area contributed by atoms with Crippen molar-refractivity contribution in [3.63, 3.8) is 0 Å². The monoisotopic (exact) mass is 402 g/mol. The number of hydrogen-bond donors (Lipinski definition) is 1. The summed E-state index contributed by atoms with van der Waals surface area (Å²) in [6, 6.07) is 8.85. The highest BCUT2D eigenvalue weighted by Gasteiger charge is 2.20. The van der Waals surface area contributed by atoms with Gasteiger partial charge in [-0.25, -0.2) is 0 Å². The first-order chi connectivity index (χ1) is 14.1. The molecule has 0 spiro atoms. The second-order valence-corrected chi connectivity index (χ2v) is 6.35. The molecule has 8 nitrogen and oxygen atoms in total. The van der Waals surface area contributed by atoms with Gasteiger partial charge in [0.05, 0.1) is 53.0 Å². The Morgan fingerprint density at radius 2 is 1.59 bits per heavy atom. The molecule has 0 atom stereocenters. The van der Waals surface area contributed by atoms with Crippen LogP contribution < -0.4 is 29.2 Å². The van der Waals surface area contributed by atoms with Gasteiger partial charge in [0.1, 0.15) is 5.75 Å². The Kier molecular flexibility index (Phi) is 6.66. The van der Waals surface area contributed by atoms with Gasteiger partial charge in [-0.3, -0.25) is 4.79 Å². The van der Waals surface area contributed by atoms with E-state index in [2.05, 4.69) is 10.2 Å². The lowest BCUT2D eigenvalue weighted by molar-refractivity contribution is 0.102. The molecule has 1 saturated heterocycles. The van der Waals surface area contributed by atoms with Crippen LogP contribution in [-0.4, -0.2) is 60.6 Å². The van der Waals surface area contributed by atoms with Gasteiger partial charge < -0.3 is 33.9 Å². The second kappa shape index (κ2) is 9.38. The third-order valence-corrected chi connectivity index (χ3v) is 4.73. The van der Waals surface area contributed by atoms with Gasteiger partial charge in [-0.15, -0.1) is 0 Å².